The van der Waals surface area contributed by atoms with Gasteiger partial charge in [0.25, 0.3) is 0 Å². The monoisotopic (exact) mass is 185 g/mol. The Morgan fingerprint density at radius 3 is 1.55 bits per heavy atom. The highest BCUT2D eigenvalue weighted by Gasteiger charge is 2.01. The van der Waals surface area contributed by atoms with Crippen LogP contribution in [0.15, 0.2) is 0 Å². The predicted molar refractivity (Wildman–Crippen MR) is 38.1 cm³/mol. The minimum absolute atomic E-state index is 0.625. The van der Waals surface area contributed by atoms with E-state index in [-0.39, 0.29) is 0 Å². The summed E-state index contributed by atoms with van der Waals surface area (Å²) >= 11 is 0. The van der Waals surface area contributed by atoms with E-state index in [0.717, 1.165) is 14.2 Å². The lowest BCUT2D eigenvalue weighted by atomic mass is 11.2. The van der Waals surface area contributed by atoms with Crippen LogP contribution in [0.5, 0.6) is 0 Å². The highest BCUT2D eigenvalue weighted by Crippen LogP contribution is 1.85. The summed E-state index contributed by atoms with van der Waals surface area (Å²) in [4.78, 5) is 9.06. The normalized spacial score (nSPS) is 9.36. The molecule has 0 bridgehead atoms. The zero-order valence-corrected chi connectivity index (χ0v) is 7.34. The van der Waals surface area contributed by atoms with Crippen molar-refractivity contribution in [2.45, 2.75) is 0 Å². The average Bonchev–Trinajstić information content (AvgIpc) is 2.05. The molecule has 68 valence electrons. The second-order valence-electron chi connectivity index (χ2n) is 1.15. The zero-order valence-electron chi connectivity index (χ0n) is 6.53. The van der Waals surface area contributed by atoms with Crippen molar-refractivity contribution in [2.24, 2.45) is 0 Å². The van der Waals surface area contributed by atoms with Crippen LogP contribution in [0.3, 0.4) is 0 Å². The van der Waals surface area contributed by atoms with Gasteiger partial charge in [-0.2, -0.15) is 8.42 Å². The average molecular weight is 185 g/mol. The number of nitrogens with one attached hydrogen (secondary N) is 1. The van der Waals surface area contributed by atoms with E-state index in [4.69, 9.17) is 4.79 Å². The molecule has 0 aromatic carbocycles. The molecule has 0 saturated carbocycles. The van der Waals surface area contributed by atoms with Gasteiger partial charge in [0.15, 0.2) is 0 Å². The van der Waals surface area contributed by atoms with Gasteiger partial charge in [-0.05, 0) is 0 Å². The number of carbonyl (C=O) groups is 1. The van der Waals surface area contributed by atoms with Crippen molar-refractivity contribution in [3.05, 3.63) is 0 Å². The molecule has 0 spiro atoms. The molecule has 0 saturated heterocycles. The summed E-state index contributed by atoms with van der Waals surface area (Å²) in [5.74, 6) is 0. The topological polar surface area (TPSA) is 81.7 Å². The Balaban J connectivity index is 0. The maximum absolute atomic E-state index is 9.92. The van der Waals surface area contributed by atoms with Gasteiger partial charge in [0.1, 0.15) is 0 Å². The van der Waals surface area contributed by atoms with E-state index in [0.29, 0.717) is 6.41 Å². The molecule has 0 atom stereocenters. The van der Waals surface area contributed by atoms with Crippen LogP contribution >= 0.6 is 0 Å². The smallest absolute Gasteiger partial charge is 0.362 e. The van der Waals surface area contributed by atoms with Crippen LogP contribution in [0.25, 0.3) is 0 Å². The van der Waals surface area contributed by atoms with Gasteiger partial charge in [-0.25, -0.2) is 0 Å². The molecule has 0 aliphatic heterocycles. The molecule has 7 heteroatoms. The molecule has 1 amide bonds. The van der Waals surface area contributed by atoms with E-state index in [1.807, 2.05) is 0 Å². The Hall–Kier alpha value is -0.660. The van der Waals surface area contributed by atoms with Gasteiger partial charge in [-0.15, -0.1) is 0 Å². The second kappa shape index (κ2) is 7.45. The van der Waals surface area contributed by atoms with Crippen LogP contribution in [-0.4, -0.2) is 36.1 Å². The molecular formula is C4H11NO5S. The quantitative estimate of drug-likeness (QED) is 0.563. The van der Waals surface area contributed by atoms with Gasteiger partial charge >= 0.3 is 10.4 Å². The van der Waals surface area contributed by atoms with Crippen molar-refractivity contribution in [2.75, 3.05) is 21.3 Å². The fraction of sp³-hybridized carbons (Fsp3) is 0.750. The van der Waals surface area contributed by atoms with Gasteiger partial charge in [0.05, 0.1) is 14.2 Å². The largest absolute Gasteiger partial charge is 0.399 e. The van der Waals surface area contributed by atoms with Crippen LogP contribution < -0.4 is 5.32 Å². The number of carbonyl (C=O) groups excluding carboxylic acids is 1. The van der Waals surface area contributed by atoms with Crippen LogP contribution in [0.4, 0.5) is 0 Å². The van der Waals surface area contributed by atoms with Crippen molar-refractivity contribution in [1.29, 1.82) is 0 Å². The number of hydrogen-bond acceptors (Lipinski definition) is 5. The van der Waals surface area contributed by atoms with Gasteiger partial charge in [-0.3, -0.25) is 13.2 Å². The molecule has 0 aromatic heterocycles. The van der Waals surface area contributed by atoms with E-state index in [1.54, 1.807) is 7.05 Å². The van der Waals surface area contributed by atoms with E-state index in [1.165, 1.54) is 0 Å². The van der Waals surface area contributed by atoms with Crippen molar-refractivity contribution < 1.29 is 21.6 Å². The summed E-state index contributed by atoms with van der Waals surface area (Å²) in [6.45, 7) is 0. The summed E-state index contributed by atoms with van der Waals surface area (Å²) < 4.78 is 27.5. The molecule has 0 radical (unpaired) electrons. The SMILES string of the molecule is CNC=O.COS(=O)(=O)OC. The van der Waals surface area contributed by atoms with E-state index < -0.39 is 10.4 Å². The molecule has 11 heavy (non-hydrogen) atoms. The summed E-state index contributed by atoms with van der Waals surface area (Å²) in [6.07, 6.45) is 0.625. The maximum Gasteiger partial charge on any atom is 0.399 e. The Morgan fingerprint density at radius 1 is 1.27 bits per heavy atom. The fourth-order valence-electron chi connectivity index (χ4n) is 0.0680. The Bertz CT molecular complexity index is 165. The lowest BCUT2D eigenvalue weighted by Gasteiger charge is -1.91. The summed E-state index contributed by atoms with van der Waals surface area (Å²) in [5.41, 5.74) is 0. The maximum atomic E-state index is 9.92. The van der Waals surface area contributed by atoms with Crippen molar-refractivity contribution in [1.82, 2.24) is 5.32 Å². The standard InChI is InChI=1S/C2H5NO.C2H6O4S/c1-3-2-4;1-5-7(3,4)6-2/h2H,1H3,(H,3,4);1-2H3. The molecule has 1 N–H and O–H groups in total. The van der Waals surface area contributed by atoms with E-state index in [9.17, 15) is 8.42 Å². The molecule has 0 heterocycles. The zero-order chi connectivity index (χ0) is 9.33. The van der Waals surface area contributed by atoms with Gasteiger partial charge in [0, 0.05) is 7.05 Å². The summed E-state index contributed by atoms with van der Waals surface area (Å²) in [6, 6.07) is 0. The fourth-order valence-corrected chi connectivity index (χ4v) is 0.204. The minimum atomic E-state index is -3.66. The lowest BCUT2D eigenvalue weighted by Crippen LogP contribution is -2.02. The van der Waals surface area contributed by atoms with Gasteiger partial charge in [-0.1, -0.05) is 0 Å². The van der Waals surface area contributed by atoms with E-state index >= 15 is 0 Å². The number of rotatable bonds is 3. The molecular weight excluding hydrogens is 174 g/mol. The van der Waals surface area contributed by atoms with Crippen LogP contribution in [0.2, 0.25) is 0 Å². The highest BCUT2D eigenvalue weighted by molar-refractivity contribution is 7.81. The first kappa shape index (κ1) is 13.0. The van der Waals surface area contributed by atoms with Crippen LogP contribution in [0, 0.1) is 0 Å². The van der Waals surface area contributed by atoms with Crippen LogP contribution in [-0.2, 0) is 23.6 Å². The number of hydrogen-bond donors (Lipinski definition) is 1. The third-order valence-electron chi connectivity index (χ3n) is 0.526. The first-order valence-corrected chi connectivity index (χ1v) is 3.84. The first-order valence-electron chi connectivity index (χ1n) is 2.51. The first-order chi connectivity index (χ1) is 5.04. The van der Waals surface area contributed by atoms with Crippen molar-refractivity contribution >= 4 is 16.8 Å². The number of amides is 1. The third kappa shape index (κ3) is 12.5. The summed E-state index contributed by atoms with van der Waals surface area (Å²) in [5, 5.41) is 2.25. The molecule has 0 fully saturated rings. The molecule has 0 unspecified atom stereocenters. The second-order valence-corrected chi connectivity index (χ2v) is 2.63. The molecule has 0 rings (SSSR count). The van der Waals surface area contributed by atoms with E-state index in [2.05, 4.69) is 13.7 Å². The lowest BCUT2D eigenvalue weighted by molar-refractivity contribution is -0.109. The van der Waals surface area contributed by atoms with Crippen molar-refractivity contribution in [3.8, 4) is 0 Å². The van der Waals surface area contributed by atoms with Gasteiger partial charge < -0.3 is 5.32 Å². The molecule has 6 nitrogen and oxygen atoms in total. The Morgan fingerprint density at radius 2 is 1.55 bits per heavy atom. The summed E-state index contributed by atoms with van der Waals surface area (Å²) in [7, 11) is -0.0417. The Kier molecular flexibility index (Phi) is 8.78. The molecule has 0 aromatic rings. The van der Waals surface area contributed by atoms with Crippen molar-refractivity contribution in [3.63, 3.8) is 0 Å². The predicted octanol–water partition coefficient (Wildman–Crippen LogP) is -1.11. The van der Waals surface area contributed by atoms with Crippen LogP contribution in [0.1, 0.15) is 0 Å². The highest BCUT2D eigenvalue weighted by atomic mass is 32.3. The Labute approximate surface area is 65.8 Å². The molecule has 0 aliphatic carbocycles. The minimum Gasteiger partial charge on any atom is -0.362 e. The molecule has 0 aliphatic rings. The van der Waals surface area contributed by atoms with Gasteiger partial charge in [0.2, 0.25) is 6.41 Å². The third-order valence-corrected chi connectivity index (χ3v) is 1.34.